The number of hydrogen-bond donors (Lipinski definition) is 0. The summed E-state index contributed by atoms with van der Waals surface area (Å²) < 4.78 is 13.4. The number of alkyl halides is 1. The zero-order chi connectivity index (χ0) is 13.0. The van der Waals surface area contributed by atoms with E-state index in [0.29, 0.717) is 0 Å². The minimum atomic E-state index is 0.199. The van der Waals surface area contributed by atoms with Crippen LogP contribution in [0.3, 0.4) is 0 Å². The molecular formula is C13H15Br3O2. The van der Waals surface area contributed by atoms with Gasteiger partial charge in [-0.1, -0.05) is 31.9 Å². The molecule has 1 aliphatic heterocycles. The molecule has 0 N–H and O–H groups in total. The molecule has 0 aromatic heterocycles. The van der Waals surface area contributed by atoms with E-state index in [1.807, 2.05) is 18.2 Å². The molecular weight excluding hydrogens is 428 g/mol. The van der Waals surface area contributed by atoms with E-state index in [0.717, 1.165) is 52.7 Å². The van der Waals surface area contributed by atoms with Crippen molar-refractivity contribution < 1.29 is 9.47 Å². The van der Waals surface area contributed by atoms with Gasteiger partial charge in [-0.25, -0.2) is 0 Å². The van der Waals surface area contributed by atoms with Crippen LogP contribution in [-0.2, 0) is 4.74 Å². The molecule has 1 heterocycles. The van der Waals surface area contributed by atoms with Crippen LogP contribution >= 0.6 is 47.8 Å². The second-order valence-electron chi connectivity index (χ2n) is 4.61. The second-order valence-corrected chi connectivity index (χ2v) is 6.94. The van der Waals surface area contributed by atoms with Crippen LogP contribution in [0.25, 0.3) is 0 Å². The van der Waals surface area contributed by atoms with E-state index in [-0.39, 0.29) is 5.41 Å². The molecule has 0 radical (unpaired) electrons. The van der Waals surface area contributed by atoms with E-state index < -0.39 is 0 Å². The Morgan fingerprint density at radius 1 is 1.22 bits per heavy atom. The molecule has 1 fully saturated rings. The van der Waals surface area contributed by atoms with Crippen molar-refractivity contribution in [3.63, 3.8) is 0 Å². The molecule has 1 aromatic rings. The molecule has 0 aliphatic carbocycles. The van der Waals surface area contributed by atoms with Gasteiger partial charge in [-0.2, -0.15) is 0 Å². The lowest BCUT2D eigenvalue weighted by atomic mass is 9.83. The van der Waals surface area contributed by atoms with Gasteiger partial charge in [-0.15, -0.1) is 0 Å². The average molecular weight is 443 g/mol. The Morgan fingerprint density at radius 2 is 1.94 bits per heavy atom. The SMILES string of the molecule is BrCC1(COc2ccc(Br)cc2Br)CCOCC1. The van der Waals surface area contributed by atoms with E-state index in [2.05, 4.69) is 47.8 Å². The van der Waals surface area contributed by atoms with E-state index in [1.54, 1.807) is 0 Å². The number of rotatable bonds is 4. The highest BCUT2D eigenvalue weighted by molar-refractivity contribution is 9.11. The maximum absolute atomic E-state index is 5.97. The molecule has 1 aliphatic rings. The van der Waals surface area contributed by atoms with Crippen LogP contribution < -0.4 is 4.74 Å². The molecule has 0 amide bonds. The molecule has 2 rings (SSSR count). The van der Waals surface area contributed by atoms with Crippen molar-refractivity contribution in [3.05, 3.63) is 27.1 Å². The van der Waals surface area contributed by atoms with Gasteiger partial charge >= 0.3 is 0 Å². The third-order valence-electron chi connectivity index (χ3n) is 3.26. The Bertz CT molecular complexity index is 403. The first-order valence-electron chi connectivity index (χ1n) is 5.87. The topological polar surface area (TPSA) is 18.5 Å². The zero-order valence-electron chi connectivity index (χ0n) is 9.93. The summed E-state index contributed by atoms with van der Waals surface area (Å²) in [6.45, 7) is 2.38. The normalized spacial score (nSPS) is 18.6. The van der Waals surface area contributed by atoms with Crippen LogP contribution in [0.1, 0.15) is 12.8 Å². The number of ether oxygens (including phenoxy) is 2. The molecule has 100 valence electrons. The molecule has 2 nitrogen and oxygen atoms in total. The lowest BCUT2D eigenvalue weighted by Crippen LogP contribution is -2.36. The number of halogens is 3. The molecule has 5 heteroatoms. The molecule has 0 spiro atoms. The zero-order valence-corrected chi connectivity index (χ0v) is 14.7. The summed E-state index contributed by atoms with van der Waals surface area (Å²) in [5.41, 5.74) is 0.199. The Hall–Kier alpha value is 0.420. The minimum absolute atomic E-state index is 0.199. The average Bonchev–Trinajstić information content (AvgIpc) is 2.39. The van der Waals surface area contributed by atoms with Crippen molar-refractivity contribution >= 4 is 47.8 Å². The van der Waals surface area contributed by atoms with Crippen LogP contribution in [0, 0.1) is 5.41 Å². The highest BCUT2D eigenvalue weighted by atomic mass is 79.9. The first-order chi connectivity index (χ1) is 8.65. The molecule has 18 heavy (non-hydrogen) atoms. The summed E-state index contributed by atoms with van der Waals surface area (Å²) in [4.78, 5) is 0. The quantitative estimate of drug-likeness (QED) is 0.624. The minimum Gasteiger partial charge on any atom is -0.492 e. The van der Waals surface area contributed by atoms with Gasteiger partial charge < -0.3 is 9.47 Å². The van der Waals surface area contributed by atoms with Gasteiger partial charge in [-0.3, -0.25) is 0 Å². The van der Waals surface area contributed by atoms with E-state index in [1.165, 1.54) is 0 Å². The molecule has 0 atom stereocenters. The number of hydrogen-bond acceptors (Lipinski definition) is 2. The largest absolute Gasteiger partial charge is 0.492 e. The second kappa shape index (κ2) is 6.73. The highest BCUT2D eigenvalue weighted by Crippen LogP contribution is 2.35. The van der Waals surface area contributed by atoms with Crippen molar-refractivity contribution in [2.75, 3.05) is 25.2 Å². The summed E-state index contributed by atoms with van der Waals surface area (Å²) in [6.07, 6.45) is 2.10. The smallest absolute Gasteiger partial charge is 0.133 e. The van der Waals surface area contributed by atoms with Crippen molar-refractivity contribution in [2.24, 2.45) is 5.41 Å². The molecule has 0 unspecified atom stereocenters. The van der Waals surface area contributed by atoms with Crippen molar-refractivity contribution in [2.45, 2.75) is 12.8 Å². The summed E-state index contributed by atoms with van der Waals surface area (Å²) in [6, 6.07) is 5.97. The fourth-order valence-electron chi connectivity index (χ4n) is 1.94. The molecule has 0 bridgehead atoms. The predicted octanol–water partition coefficient (Wildman–Crippen LogP) is 4.78. The Labute approximate surface area is 133 Å². The van der Waals surface area contributed by atoms with Crippen molar-refractivity contribution in [1.82, 2.24) is 0 Å². The number of benzene rings is 1. The maximum atomic E-state index is 5.97. The summed E-state index contributed by atoms with van der Waals surface area (Å²) in [7, 11) is 0. The molecule has 1 saturated heterocycles. The van der Waals surface area contributed by atoms with Crippen LogP contribution in [0.5, 0.6) is 5.75 Å². The van der Waals surface area contributed by atoms with Gasteiger partial charge in [0.1, 0.15) is 5.75 Å². The van der Waals surface area contributed by atoms with Gasteiger partial charge in [0.05, 0.1) is 11.1 Å². The summed E-state index contributed by atoms with van der Waals surface area (Å²) in [5.74, 6) is 0.894. The first kappa shape index (κ1) is 14.8. The third kappa shape index (κ3) is 3.71. The third-order valence-corrected chi connectivity index (χ3v) is 5.57. The predicted molar refractivity (Wildman–Crippen MR) is 83.6 cm³/mol. The van der Waals surface area contributed by atoms with Gasteiger partial charge in [0.15, 0.2) is 0 Å². The fraction of sp³-hybridized carbons (Fsp3) is 0.538. The summed E-state index contributed by atoms with van der Waals surface area (Å²) >= 11 is 10.6. The van der Waals surface area contributed by atoms with E-state index in [9.17, 15) is 0 Å². The van der Waals surface area contributed by atoms with Crippen molar-refractivity contribution in [3.8, 4) is 5.75 Å². The first-order valence-corrected chi connectivity index (χ1v) is 8.58. The van der Waals surface area contributed by atoms with Crippen LogP contribution in [0.4, 0.5) is 0 Å². The lowest BCUT2D eigenvalue weighted by molar-refractivity contribution is 0.00341. The monoisotopic (exact) mass is 440 g/mol. The Balaban J connectivity index is 2.01. The Kier molecular flexibility index (Phi) is 5.54. The van der Waals surface area contributed by atoms with Gasteiger partial charge in [-0.05, 0) is 47.0 Å². The van der Waals surface area contributed by atoms with Crippen LogP contribution in [0.15, 0.2) is 27.1 Å². The Morgan fingerprint density at radius 3 is 2.56 bits per heavy atom. The molecule has 0 saturated carbocycles. The van der Waals surface area contributed by atoms with Crippen molar-refractivity contribution in [1.29, 1.82) is 0 Å². The van der Waals surface area contributed by atoms with Gasteiger partial charge in [0.2, 0.25) is 0 Å². The van der Waals surface area contributed by atoms with Crippen LogP contribution in [-0.4, -0.2) is 25.2 Å². The van der Waals surface area contributed by atoms with E-state index in [4.69, 9.17) is 9.47 Å². The van der Waals surface area contributed by atoms with Crippen LogP contribution in [0.2, 0.25) is 0 Å². The standard InChI is InChI=1S/C13H15Br3O2/c14-8-13(3-5-17-6-4-13)9-18-12-2-1-10(15)7-11(12)16/h1-2,7H,3-6,8-9H2. The van der Waals surface area contributed by atoms with Gasteiger partial charge in [0.25, 0.3) is 0 Å². The lowest BCUT2D eigenvalue weighted by Gasteiger charge is -2.35. The maximum Gasteiger partial charge on any atom is 0.133 e. The molecule has 1 aromatic carbocycles. The highest BCUT2D eigenvalue weighted by Gasteiger charge is 2.32. The fourth-order valence-corrected chi connectivity index (χ4v) is 3.83. The van der Waals surface area contributed by atoms with Gasteiger partial charge in [0, 0.05) is 28.4 Å². The summed E-state index contributed by atoms with van der Waals surface area (Å²) in [5, 5.41) is 0.956. The van der Waals surface area contributed by atoms with E-state index >= 15 is 0 Å².